The summed E-state index contributed by atoms with van der Waals surface area (Å²) in [5, 5.41) is 0. The molecule has 276 valence electrons. The van der Waals surface area contributed by atoms with E-state index in [4.69, 9.17) is 0 Å². The fourth-order valence-electron chi connectivity index (χ4n) is 2.42. The first-order valence-corrected chi connectivity index (χ1v) is 9.37. The van der Waals surface area contributed by atoms with Gasteiger partial charge in [0.2, 0.25) is 0 Å². The summed E-state index contributed by atoms with van der Waals surface area (Å²) in [6.07, 6.45) is -16.5. The molecule has 0 aromatic rings. The van der Waals surface area contributed by atoms with Crippen LogP contribution < -0.4 is 0 Å². The van der Waals surface area contributed by atoms with Crippen LogP contribution in [0, 0.1) is 0 Å². The molecule has 0 atom stereocenters. The number of rotatable bonds is 12. The van der Waals surface area contributed by atoms with Crippen molar-refractivity contribution in [1.29, 1.82) is 0 Å². The molecule has 1 nitrogen and oxygen atoms in total. The van der Waals surface area contributed by atoms with Crippen molar-refractivity contribution in [2.45, 2.75) is 83.4 Å². The second-order valence-electron chi connectivity index (χ2n) is 8.22. The van der Waals surface area contributed by atoms with Crippen LogP contribution in [0.25, 0.3) is 0 Å². The van der Waals surface area contributed by atoms with E-state index in [9.17, 15) is 137 Å². The molecule has 31 heteroatoms. The van der Waals surface area contributed by atoms with E-state index < -0.39 is 89.2 Å². The predicted molar refractivity (Wildman–Crippen MR) is 76.5 cm³/mol. The van der Waals surface area contributed by atoms with Crippen LogP contribution in [0.1, 0.15) is 0 Å². The van der Waals surface area contributed by atoms with Crippen LogP contribution in [-0.4, -0.2) is 89.2 Å². The summed E-state index contributed by atoms with van der Waals surface area (Å²) in [5.41, 5.74) is 0. The molecule has 0 rings (SSSR count). The summed E-state index contributed by atoms with van der Waals surface area (Å²) in [7, 11) is 0. The molecule has 0 amide bonds. The average molecular weight is 766 g/mol. The van der Waals surface area contributed by atoms with Crippen LogP contribution >= 0.6 is 0 Å². The van der Waals surface area contributed by atoms with Crippen molar-refractivity contribution in [3.8, 4) is 0 Å². The molecule has 0 aliphatic heterocycles. The average Bonchev–Trinajstić information content (AvgIpc) is 2.80. The van der Waals surface area contributed by atoms with Crippen LogP contribution in [0.15, 0.2) is 0 Å². The zero-order valence-corrected chi connectivity index (χ0v) is 19.2. The summed E-state index contributed by atoms with van der Waals surface area (Å²) < 4.78 is 390. The molecular weight excluding hydrogens is 766 g/mol. The first-order valence-electron chi connectivity index (χ1n) is 9.37. The van der Waals surface area contributed by atoms with E-state index >= 15 is 0 Å². The van der Waals surface area contributed by atoms with Gasteiger partial charge < -0.3 is 0 Å². The molecule has 0 aliphatic carbocycles. The van der Waals surface area contributed by atoms with E-state index in [0.29, 0.717) is 0 Å². The number of alkyl halides is 30. The van der Waals surface area contributed by atoms with Crippen molar-refractivity contribution in [1.82, 2.24) is 0 Å². The molecule has 0 bridgehead atoms. The van der Waals surface area contributed by atoms with Gasteiger partial charge in [-0.2, -0.15) is 132 Å². The number of carbonyl (C=O) groups excluding carboxylic acids is 1. The van der Waals surface area contributed by atoms with Crippen molar-refractivity contribution in [2.75, 3.05) is 0 Å². The Morgan fingerprint density at radius 1 is 0.217 bits per heavy atom. The van der Waals surface area contributed by atoms with Gasteiger partial charge in [-0.3, -0.25) is 4.79 Å². The van der Waals surface area contributed by atoms with Gasteiger partial charge in [0.25, 0.3) is 5.78 Å². The topological polar surface area (TPSA) is 17.1 Å². The maximum absolute atomic E-state index is 13.6. The molecular formula is C15F30O. The third-order valence-corrected chi connectivity index (χ3v) is 5.23. The summed E-state index contributed by atoms with van der Waals surface area (Å²) in [6, 6.07) is 0. The van der Waals surface area contributed by atoms with E-state index in [-0.39, 0.29) is 0 Å². The highest BCUT2D eigenvalue weighted by molar-refractivity contribution is 5.94. The van der Waals surface area contributed by atoms with Gasteiger partial charge in [-0.05, 0) is 0 Å². The number of carbonyl (C=O) groups is 1. The van der Waals surface area contributed by atoms with Gasteiger partial charge in [0.05, 0.1) is 0 Å². The number of Topliss-reactive ketones (excluding diaryl/α,β-unsaturated/α-hetero) is 1. The standard InChI is InChI=1S/C15F30O/c16-2(17,4(20,21)6(24,25)8(28,29)10(32,33)12(36,37)14(40,41)42)1(46)3(18,19)5(22,23)7(26,27)9(30,31)11(34,35)13(38,39)15(43,44)45. The molecule has 0 N–H and O–H groups in total. The second-order valence-corrected chi connectivity index (χ2v) is 8.22. The first kappa shape index (κ1) is 43.6. The van der Waals surface area contributed by atoms with E-state index in [0.717, 1.165) is 0 Å². The molecule has 0 fully saturated rings. The minimum Gasteiger partial charge on any atom is -0.286 e. The summed E-state index contributed by atoms with van der Waals surface area (Å²) in [6.45, 7) is 0. The minimum absolute atomic E-state index is 6.72. The van der Waals surface area contributed by atoms with Gasteiger partial charge in [-0.15, -0.1) is 0 Å². The molecule has 0 unspecified atom stereocenters. The number of ketones is 1. The quantitative estimate of drug-likeness (QED) is 0.181. The Kier molecular flexibility index (Phi) is 9.74. The minimum atomic E-state index is -9.59. The molecule has 46 heavy (non-hydrogen) atoms. The molecule has 0 saturated carbocycles. The Morgan fingerprint density at radius 3 is 0.500 bits per heavy atom. The number of halogens is 30. The molecule has 0 aliphatic rings. The van der Waals surface area contributed by atoms with Crippen molar-refractivity contribution in [3.05, 3.63) is 0 Å². The highest BCUT2D eigenvalue weighted by atomic mass is 19.4. The third-order valence-electron chi connectivity index (χ3n) is 5.23. The maximum atomic E-state index is 13.6. The zero-order chi connectivity index (χ0) is 38.6. The van der Waals surface area contributed by atoms with Gasteiger partial charge >= 0.3 is 83.4 Å². The Morgan fingerprint density at radius 2 is 0.348 bits per heavy atom. The molecule has 0 aromatic carbocycles. The fourth-order valence-corrected chi connectivity index (χ4v) is 2.42. The zero-order valence-electron chi connectivity index (χ0n) is 19.2. The van der Waals surface area contributed by atoms with Gasteiger partial charge in [0.15, 0.2) is 0 Å². The molecule has 0 aromatic heterocycles. The van der Waals surface area contributed by atoms with Crippen LogP contribution in [0.5, 0.6) is 0 Å². The lowest BCUT2D eigenvalue weighted by atomic mass is 9.85. The summed E-state index contributed by atoms with van der Waals surface area (Å²) in [5.74, 6) is -118. The highest BCUT2D eigenvalue weighted by Gasteiger charge is 2.98. The first-order chi connectivity index (χ1) is 19.2. The second kappa shape index (κ2) is 10.3. The van der Waals surface area contributed by atoms with Crippen LogP contribution in [0.3, 0.4) is 0 Å². The van der Waals surface area contributed by atoms with Crippen LogP contribution in [-0.2, 0) is 4.79 Å². The van der Waals surface area contributed by atoms with E-state index in [1.807, 2.05) is 0 Å². The number of hydrogen-bond donors (Lipinski definition) is 0. The fraction of sp³-hybridized carbons (Fsp3) is 0.933. The Labute approximate surface area is 227 Å². The van der Waals surface area contributed by atoms with Crippen LogP contribution in [0.2, 0.25) is 0 Å². The van der Waals surface area contributed by atoms with Crippen LogP contribution in [0.4, 0.5) is 132 Å². The maximum Gasteiger partial charge on any atom is 0.460 e. The smallest absolute Gasteiger partial charge is 0.286 e. The van der Waals surface area contributed by atoms with E-state index in [1.54, 1.807) is 0 Å². The van der Waals surface area contributed by atoms with Gasteiger partial charge in [0.1, 0.15) is 0 Å². The largest absolute Gasteiger partial charge is 0.460 e. The molecule has 0 saturated heterocycles. The van der Waals surface area contributed by atoms with Crippen molar-refractivity contribution in [3.63, 3.8) is 0 Å². The highest BCUT2D eigenvalue weighted by Crippen LogP contribution is 2.66. The molecule has 0 radical (unpaired) electrons. The lowest BCUT2D eigenvalue weighted by Crippen LogP contribution is -2.76. The lowest BCUT2D eigenvalue weighted by Gasteiger charge is -2.43. The van der Waals surface area contributed by atoms with E-state index in [2.05, 4.69) is 0 Å². The predicted octanol–water partition coefficient (Wildman–Crippen LogP) is 9.30. The molecule has 0 spiro atoms. The van der Waals surface area contributed by atoms with Crippen molar-refractivity contribution >= 4 is 5.78 Å². The Balaban J connectivity index is 7.40. The normalized spacial score (nSPS) is 17.0. The van der Waals surface area contributed by atoms with Gasteiger partial charge in [0, 0.05) is 0 Å². The monoisotopic (exact) mass is 766 g/mol. The summed E-state index contributed by atoms with van der Waals surface area (Å²) >= 11 is 0. The van der Waals surface area contributed by atoms with E-state index in [1.165, 1.54) is 0 Å². The Bertz CT molecular complexity index is 1060. The van der Waals surface area contributed by atoms with Crippen molar-refractivity contribution < 1.29 is 137 Å². The number of hydrogen-bond acceptors (Lipinski definition) is 1. The summed E-state index contributed by atoms with van der Waals surface area (Å²) in [4.78, 5) is 10.9. The SMILES string of the molecule is O=C(C(F)(F)C(F)(F)C(F)(F)C(F)(F)C(F)(F)C(F)(F)C(F)(F)F)C(F)(F)C(F)(F)C(F)(F)C(F)(F)C(F)(F)C(F)(F)C(F)(F)F. The van der Waals surface area contributed by atoms with Crippen molar-refractivity contribution in [2.24, 2.45) is 0 Å². The third kappa shape index (κ3) is 4.95. The molecule has 0 heterocycles. The van der Waals surface area contributed by atoms with Gasteiger partial charge in [-0.1, -0.05) is 0 Å². The Hall–Kier alpha value is -2.43. The van der Waals surface area contributed by atoms with Gasteiger partial charge in [-0.25, -0.2) is 0 Å². The lowest BCUT2D eigenvalue weighted by molar-refractivity contribution is -0.454.